The lowest BCUT2D eigenvalue weighted by Gasteiger charge is -2.38. The Hall–Kier alpha value is -2.40. The first-order valence-corrected chi connectivity index (χ1v) is 9.57. The molecule has 0 saturated carbocycles. The highest BCUT2D eigenvalue weighted by atomic mass is 16.2. The number of nitrogens with zero attached hydrogens (tertiary/aromatic N) is 4. The Bertz CT molecular complexity index is 743. The summed E-state index contributed by atoms with van der Waals surface area (Å²) in [4.78, 5) is 23.8. The number of carbonyl (C=O) groups is 1. The first-order valence-electron chi connectivity index (χ1n) is 9.57. The van der Waals surface area contributed by atoms with Crippen molar-refractivity contribution in [3.8, 4) is 0 Å². The third-order valence-corrected chi connectivity index (χ3v) is 5.34. The third-order valence-electron chi connectivity index (χ3n) is 5.34. The van der Waals surface area contributed by atoms with Gasteiger partial charge in [0.05, 0.1) is 11.4 Å². The number of likely N-dealkylation sites (tertiary alicyclic amines) is 1. The van der Waals surface area contributed by atoms with Crippen molar-refractivity contribution in [2.45, 2.75) is 25.8 Å². The van der Waals surface area contributed by atoms with E-state index in [0.717, 1.165) is 50.6 Å². The molecule has 1 saturated heterocycles. The average molecular weight is 350 g/mol. The third kappa shape index (κ3) is 3.73. The summed E-state index contributed by atoms with van der Waals surface area (Å²) in [5.74, 6) is 0.241. The first kappa shape index (κ1) is 17.0. The predicted molar refractivity (Wildman–Crippen MR) is 104 cm³/mol. The second kappa shape index (κ2) is 7.87. The Morgan fingerprint density at radius 1 is 0.962 bits per heavy atom. The van der Waals surface area contributed by atoms with Crippen LogP contribution in [0.3, 0.4) is 0 Å². The second-order valence-electron chi connectivity index (χ2n) is 7.12. The van der Waals surface area contributed by atoms with Gasteiger partial charge in [-0.15, -0.1) is 0 Å². The second-order valence-corrected chi connectivity index (χ2v) is 7.12. The van der Waals surface area contributed by atoms with Crippen molar-refractivity contribution in [1.82, 2.24) is 9.88 Å². The number of hydrogen-bond donors (Lipinski definition) is 0. The molecule has 5 nitrogen and oxygen atoms in total. The van der Waals surface area contributed by atoms with Crippen molar-refractivity contribution in [3.63, 3.8) is 0 Å². The summed E-state index contributed by atoms with van der Waals surface area (Å²) in [5, 5.41) is 0. The van der Waals surface area contributed by atoms with Crippen LogP contribution in [0, 0.1) is 0 Å². The summed E-state index contributed by atoms with van der Waals surface area (Å²) in [6.07, 6.45) is 6.86. The molecule has 1 amide bonds. The molecule has 0 unspecified atom stereocenters. The van der Waals surface area contributed by atoms with Crippen LogP contribution in [-0.4, -0.2) is 48.5 Å². The average Bonchev–Trinajstić information content (AvgIpc) is 3.21. The molecule has 2 aromatic rings. The molecule has 0 N–H and O–H groups in total. The Labute approximate surface area is 155 Å². The van der Waals surface area contributed by atoms with Crippen molar-refractivity contribution >= 4 is 17.3 Å². The molecule has 0 aliphatic carbocycles. The lowest BCUT2D eigenvalue weighted by atomic mass is 10.1. The van der Waals surface area contributed by atoms with Crippen LogP contribution < -0.4 is 9.80 Å². The van der Waals surface area contributed by atoms with Crippen LogP contribution in [0.1, 0.15) is 24.8 Å². The van der Waals surface area contributed by atoms with Crippen molar-refractivity contribution in [3.05, 3.63) is 54.4 Å². The van der Waals surface area contributed by atoms with Gasteiger partial charge in [0.2, 0.25) is 5.91 Å². The molecule has 136 valence electrons. The standard InChI is InChI=1S/C21H26N4O/c26-21(9-13-23-11-3-4-12-23)25-15-14-24(17-18-6-5-10-22-16-18)19-7-1-2-8-20(19)25/h1-2,5-8,10,16H,3-4,9,11-15,17H2. The molecule has 5 heteroatoms. The number of para-hydroxylation sites is 2. The maximum Gasteiger partial charge on any atom is 0.228 e. The highest BCUT2D eigenvalue weighted by Gasteiger charge is 2.26. The zero-order valence-corrected chi connectivity index (χ0v) is 15.2. The molecule has 3 heterocycles. The van der Waals surface area contributed by atoms with Crippen molar-refractivity contribution in [1.29, 1.82) is 0 Å². The summed E-state index contributed by atoms with van der Waals surface area (Å²) >= 11 is 0. The van der Waals surface area contributed by atoms with E-state index in [0.29, 0.717) is 6.42 Å². The number of amides is 1. The molecule has 1 fully saturated rings. The highest BCUT2D eigenvalue weighted by Crippen LogP contribution is 2.34. The normalized spacial score (nSPS) is 17.4. The predicted octanol–water partition coefficient (Wildman–Crippen LogP) is 2.92. The molecule has 1 aromatic heterocycles. The maximum absolute atomic E-state index is 12.9. The quantitative estimate of drug-likeness (QED) is 0.831. The van der Waals surface area contributed by atoms with Gasteiger partial charge in [0.25, 0.3) is 0 Å². The Kier molecular flexibility index (Phi) is 5.16. The minimum atomic E-state index is 0.241. The van der Waals surface area contributed by atoms with Crippen LogP contribution in [0.25, 0.3) is 0 Å². The van der Waals surface area contributed by atoms with E-state index in [2.05, 4.69) is 33.0 Å². The van der Waals surface area contributed by atoms with Gasteiger partial charge in [0.15, 0.2) is 0 Å². The van der Waals surface area contributed by atoms with Crippen LogP contribution >= 0.6 is 0 Å². The van der Waals surface area contributed by atoms with E-state index < -0.39 is 0 Å². The van der Waals surface area contributed by atoms with Gasteiger partial charge in [-0.25, -0.2) is 0 Å². The van der Waals surface area contributed by atoms with Gasteiger partial charge in [0.1, 0.15) is 0 Å². The molecule has 0 spiro atoms. The Morgan fingerprint density at radius 3 is 2.54 bits per heavy atom. The zero-order valence-electron chi connectivity index (χ0n) is 15.2. The van der Waals surface area contributed by atoms with E-state index in [1.54, 1.807) is 6.20 Å². The lowest BCUT2D eigenvalue weighted by molar-refractivity contribution is -0.118. The molecular formula is C21H26N4O. The largest absolute Gasteiger partial charge is 0.364 e. The van der Waals surface area contributed by atoms with E-state index in [1.807, 2.05) is 29.3 Å². The number of hydrogen-bond acceptors (Lipinski definition) is 4. The minimum Gasteiger partial charge on any atom is -0.364 e. The SMILES string of the molecule is O=C(CCN1CCCC1)N1CCN(Cc2cccnc2)c2ccccc21. The number of pyridine rings is 1. The van der Waals surface area contributed by atoms with E-state index in [9.17, 15) is 4.79 Å². The summed E-state index contributed by atoms with van der Waals surface area (Å²) in [7, 11) is 0. The topological polar surface area (TPSA) is 39.7 Å². The molecule has 2 aliphatic heterocycles. The van der Waals surface area contributed by atoms with Gasteiger partial charge >= 0.3 is 0 Å². The van der Waals surface area contributed by atoms with Crippen LogP contribution in [0.15, 0.2) is 48.8 Å². The van der Waals surface area contributed by atoms with Crippen LogP contribution in [-0.2, 0) is 11.3 Å². The lowest BCUT2D eigenvalue weighted by Crippen LogP contribution is -2.44. The van der Waals surface area contributed by atoms with Gasteiger partial charge in [-0.1, -0.05) is 18.2 Å². The van der Waals surface area contributed by atoms with E-state index >= 15 is 0 Å². The van der Waals surface area contributed by atoms with Gasteiger partial charge in [-0.3, -0.25) is 9.78 Å². The molecule has 1 aromatic carbocycles. The zero-order chi connectivity index (χ0) is 17.8. The molecule has 0 atom stereocenters. The molecule has 4 rings (SSSR count). The van der Waals surface area contributed by atoms with E-state index in [-0.39, 0.29) is 5.91 Å². The number of rotatable bonds is 5. The fraction of sp³-hybridized carbons (Fsp3) is 0.429. The van der Waals surface area contributed by atoms with Crippen LogP contribution in [0.4, 0.5) is 11.4 Å². The van der Waals surface area contributed by atoms with Gasteiger partial charge in [-0.05, 0) is 49.7 Å². The fourth-order valence-electron chi connectivity index (χ4n) is 3.95. The number of carbonyl (C=O) groups excluding carboxylic acids is 1. The highest BCUT2D eigenvalue weighted by molar-refractivity contribution is 5.98. The molecule has 2 aliphatic rings. The number of anilines is 2. The van der Waals surface area contributed by atoms with Gasteiger partial charge in [-0.2, -0.15) is 0 Å². The summed E-state index contributed by atoms with van der Waals surface area (Å²) in [5.41, 5.74) is 3.36. The van der Waals surface area contributed by atoms with E-state index in [1.165, 1.54) is 18.4 Å². The van der Waals surface area contributed by atoms with E-state index in [4.69, 9.17) is 0 Å². The molecule has 26 heavy (non-hydrogen) atoms. The van der Waals surface area contributed by atoms with Crippen LogP contribution in [0.2, 0.25) is 0 Å². The Balaban J connectivity index is 1.47. The molecule has 0 radical (unpaired) electrons. The Morgan fingerprint density at radius 2 is 1.77 bits per heavy atom. The minimum absolute atomic E-state index is 0.241. The van der Waals surface area contributed by atoms with Gasteiger partial charge in [0, 0.05) is 45.0 Å². The number of benzene rings is 1. The molecule has 0 bridgehead atoms. The van der Waals surface area contributed by atoms with Crippen molar-refractivity contribution in [2.24, 2.45) is 0 Å². The number of aromatic nitrogens is 1. The maximum atomic E-state index is 12.9. The van der Waals surface area contributed by atoms with Crippen molar-refractivity contribution < 1.29 is 4.79 Å². The summed E-state index contributed by atoms with van der Waals surface area (Å²) < 4.78 is 0. The smallest absolute Gasteiger partial charge is 0.228 e. The summed E-state index contributed by atoms with van der Waals surface area (Å²) in [6, 6.07) is 12.3. The number of fused-ring (bicyclic) bond motifs is 1. The fourth-order valence-corrected chi connectivity index (χ4v) is 3.95. The summed E-state index contributed by atoms with van der Waals surface area (Å²) in [6.45, 7) is 5.58. The molecular weight excluding hydrogens is 324 g/mol. The van der Waals surface area contributed by atoms with Crippen molar-refractivity contribution in [2.75, 3.05) is 42.5 Å². The van der Waals surface area contributed by atoms with Gasteiger partial charge < -0.3 is 14.7 Å². The first-order chi connectivity index (χ1) is 12.8. The monoisotopic (exact) mass is 350 g/mol. The van der Waals surface area contributed by atoms with Crippen LogP contribution in [0.5, 0.6) is 0 Å².